The number of methoxy groups -OCH3 is 1. The molecule has 2 heterocycles. The summed E-state index contributed by atoms with van der Waals surface area (Å²) in [5.41, 5.74) is 0.781. The van der Waals surface area contributed by atoms with Gasteiger partial charge in [-0.1, -0.05) is 12.1 Å². The van der Waals surface area contributed by atoms with Crippen molar-refractivity contribution in [1.29, 1.82) is 0 Å². The quantitative estimate of drug-likeness (QED) is 0.672. The van der Waals surface area contributed by atoms with Gasteiger partial charge < -0.3 is 19.3 Å². The summed E-state index contributed by atoms with van der Waals surface area (Å²) in [4.78, 5) is 21.1. The number of halogens is 2. The number of aromatic nitrogens is 1. The van der Waals surface area contributed by atoms with Crippen molar-refractivity contribution in [2.45, 2.75) is 13.2 Å². The molecule has 1 aromatic heterocycles. The lowest BCUT2D eigenvalue weighted by atomic mass is 10.2. The molecule has 0 radical (unpaired) electrons. The lowest BCUT2D eigenvalue weighted by molar-refractivity contribution is -0.892. The molecule has 1 amide bonds. The number of nitrogens with zero attached hydrogens (tertiary/aromatic N) is 2. The molecule has 3 rings (SSSR count). The molecule has 2 aromatic rings. The third-order valence-electron chi connectivity index (χ3n) is 5.19. The van der Waals surface area contributed by atoms with Crippen LogP contribution in [-0.2, 0) is 11.3 Å². The minimum atomic E-state index is -2.92. The Bertz CT molecular complexity index is 830. The summed E-state index contributed by atoms with van der Waals surface area (Å²) in [5.74, 6) is 1.32. The highest BCUT2D eigenvalue weighted by atomic mass is 19.3. The zero-order valence-corrected chi connectivity index (χ0v) is 17.2. The molecule has 2 N–H and O–H groups in total. The topological polar surface area (TPSA) is 60.6 Å². The average molecular weight is 422 g/mol. The molecule has 7 nitrogen and oxygen atoms in total. The van der Waals surface area contributed by atoms with E-state index in [-0.39, 0.29) is 17.4 Å². The molecular formula is C21H28F2N4O3+2. The maximum atomic E-state index is 12.7. The number of aromatic amines is 1. The van der Waals surface area contributed by atoms with Crippen LogP contribution in [-0.4, -0.2) is 64.3 Å². The van der Waals surface area contributed by atoms with E-state index in [1.54, 1.807) is 24.1 Å². The van der Waals surface area contributed by atoms with Gasteiger partial charge in [0.25, 0.3) is 11.7 Å². The van der Waals surface area contributed by atoms with Crippen molar-refractivity contribution in [2.75, 3.05) is 51.8 Å². The first-order chi connectivity index (χ1) is 14.5. The summed E-state index contributed by atoms with van der Waals surface area (Å²) in [6.07, 6.45) is 1.91. The lowest BCUT2D eigenvalue weighted by Gasteiger charge is -2.29. The number of carbonyl (C=O) groups excluding carboxylic acids is 1. The highest BCUT2D eigenvalue weighted by molar-refractivity contribution is 5.76. The van der Waals surface area contributed by atoms with Crippen molar-refractivity contribution >= 4 is 11.7 Å². The first-order valence-electron chi connectivity index (χ1n) is 9.87. The van der Waals surface area contributed by atoms with Gasteiger partial charge in [0.2, 0.25) is 0 Å². The summed E-state index contributed by atoms with van der Waals surface area (Å²) in [7, 11) is 3.13. The number of nitrogens with one attached hydrogen (secondary N) is 2. The second-order valence-electron chi connectivity index (χ2n) is 7.28. The Morgan fingerprint density at radius 2 is 2.00 bits per heavy atom. The number of carbonyl (C=O) groups is 1. The summed E-state index contributed by atoms with van der Waals surface area (Å²) < 4.78 is 34.5. The van der Waals surface area contributed by atoms with Gasteiger partial charge in [0.15, 0.2) is 18.0 Å². The van der Waals surface area contributed by atoms with Gasteiger partial charge in [0, 0.05) is 19.7 Å². The van der Waals surface area contributed by atoms with Crippen LogP contribution in [0, 0.1) is 0 Å². The van der Waals surface area contributed by atoms with E-state index in [2.05, 4.69) is 20.7 Å². The number of ether oxygens (including phenoxy) is 2. The molecule has 0 spiro atoms. The van der Waals surface area contributed by atoms with Gasteiger partial charge in [-0.25, -0.2) is 4.98 Å². The van der Waals surface area contributed by atoms with Crippen molar-refractivity contribution in [2.24, 2.45) is 0 Å². The predicted octanol–water partition coefficient (Wildman–Crippen LogP) is 0.474. The normalized spacial score (nSPS) is 14.6. The molecule has 30 heavy (non-hydrogen) atoms. The fourth-order valence-electron chi connectivity index (χ4n) is 3.54. The monoisotopic (exact) mass is 422 g/mol. The van der Waals surface area contributed by atoms with Crippen LogP contribution in [0.2, 0.25) is 0 Å². The van der Waals surface area contributed by atoms with E-state index in [1.807, 2.05) is 18.3 Å². The van der Waals surface area contributed by atoms with Crippen molar-refractivity contribution in [3.63, 3.8) is 0 Å². The number of amides is 1. The van der Waals surface area contributed by atoms with Crippen molar-refractivity contribution in [1.82, 2.24) is 4.90 Å². The van der Waals surface area contributed by atoms with Crippen LogP contribution in [0.4, 0.5) is 14.6 Å². The smallest absolute Gasteiger partial charge is 0.387 e. The first-order valence-corrected chi connectivity index (χ1v) is 9.87. The number of hydrogen-bond acceptors (Lipinski definition) is 4. The molecule has 1 fully saturated rings. The molecule has 0 atom stereocenters. The van der Waals surface area contributed by atoms with E-state index in [4.69, 9.17) is 4.74 Å². The number of likely N-dealkylation sites (N-methyl/N-ethyl adjacent to an activating group) is 1. The molecule has 162 valence electrons. The van der Waals surface area contributed by atoms with E-state index >= 15 is 0 Å². The van der Waals surface area contributed by atoms with Gasteiger partial charge >= 0.3 is 6.61 Å². The molecule has 1 saturated heterocycles. The minimum absolute atomic E-state index is 0.0248. The fourth-order valence-corrected chi connectivity index (χ4v) is 3.54. The summed E-state index contributed by atoms with van der Waals surface area (Å²) in [6, 6.07) is 10.7. The van der Waals surface area contributed by atoms with Crippen molar-refractivity contribution in [3.05, 3.63) is 48.2 Å². The summed E-state index contributed by atoms with van der Waals surface area (Å²) in [5, 5.41) is 0. The summed E-state index contributed by atoms with van der Waals surface area (Å²) >= 11 is 0. The number of piperazine rings is 1. The third kappa shape index (κ3) is 5.79. The van der Waals surface area contributed by atoms with Gasteiger partial charge in [0.1, 0.15) is 26.2 Å². The van der Waals surface area contributed by atoms with Gasteiger partial charge in [-0.3, -0.25) is 9.69 Å². The number of anilines is 1. The Morgan fingerprint density at radius 1 is 1.23 bits per heavy atom. The van der Waals surface area contributed by atoms with Crippen LogP contribution in [0.15, 0.2) is 42.6 Å². The maximum absolute atomic E-state index is 12.7. The molecule has 1 aliphatic rings. The molecular weight excluding hydrogens is 394 g/mol. The average Bonchev–Trinajstić information content (AvgIpc) is 2.75. The van der Waals surface area contributed by atoms with Gasteiger partial charge in [-0.15, -0.1) is 0 Å². The Morgan fingerprint density at radius 3 is 2.63 bits per heavy atom. The van der Waals surface area contributed by atoms with E-state index in [1.165, 1.54) is 18.1 Å². The van der Waals surface area contributed by atoms with Crippen LogP contribution in [0.5, 0.6) is 11.5 Å². The Hall–Kier alpha value is -2.94. The first kappa shape index (κ1) is 21.8. The standard InChI is InChI=1S/C21H26F2N4O3/c1-25(14-16-6-7-17(30-21(22)23)18(13-16)29-2)20(28)15-26-9-11-27(12-10-26)19-5-3-4-8-24-19/h3-8,13,21H,9-12,14-15H2,1-2H3/p+2. The SMILES string of the molecule is COc1cc(CN(C)C(=O)C[NH+]2CCN(c3cccc[nH+]3)CC2)ccc1OC(F)F. The largest absolute Gasteiger partial charge is 0.493 e. The van der Waals surface area contributed by atoms with E-state index in [0.717, 1.165) is 37.6 Å². The molecule has 1 aliphatic heterocycles. The predicted molar refractivity (Wildman–Crippen MR) is 107 cm³/mol. The van der Waals surface area contributed by atoms with Gasteiger partial charge in [-0.2, -0.15) is 8.78 Å². The fraction of sp³-hybridized carbons (Fsp3) is 0.429. The molecule has 1 aromatic carbocycles. The number of hydrogen-bond donors (Lipinski definition) is 1. The second kappa shape index (κ2) is 10.2. The maximum Gasteiger partial charge on any atom is 0.387 e. The van der Waals surface area contributed by atoms with Crippen molar-refractivity contribution < 1.29 is 32.9 Å². The number of rotatable bonds is 8. The highest BCUT2D eigenvalue weighted by Crippen LogP contribution is 2.29. The van der Waals surface area contributed by atoms with Gasteiger partial charge in [-0.05, 0) is 23.8 Å². The number of alkyl halides is 2. The third-order valence-corrected chi connectivity index (χ3v) is 5.19. The number of H-pyrrole nitrogens is 1. The second-order valence-corrected chi connectivity index (χ2v) is 7.28. The minimum Gasteiger partial charge on any atom is -0.493 e. The number of pyridine rings is 1. The van der Waals surface area contributed by atoms with Crippen LogP contribution < -0.4 is 24.3 Å². The van der Waals surface area contributed by atoms with Crippen molar-refractivity contribution in [3.8, 4) is 11.5 Å². The van der Waals surface area contributed by atoms with E-state index < -0.39 is 6.61 Å². The molecule has 0 saturated carbocycles. The molecule has 0 bridgehead atoms. The molecule has 9 heteroatoms. The van der Waals surface area contributed by atoms with Crippen LogP contribution in [0.1, 0.15) is 5.56 Å². The number of benzene rings is 1. The summed E-state index contributed by atoms with van der Waals surface area (Å²) in [6.45, 7) is 1.41. The Labute approximate surface area is 174 Å². The highest BCUT2D eigenvalue weighted by Gasteiger charge is 2.28. The Kier molecular flexibility index (Phi) is 7.40. The molecule has 0 aliphatic carbocycles. The molecule has 0 unspecified atom stereocenters. The van der Waals surface area contributed by atoms with E-state index in [0.29, 0.717) is 13.1 Å². The number of quaternary nitrogens is 1. The zero-order chi connectivity index (χ0) is 21.5. The van der Waals surface area contributed by atoms with E-state index in [9.17, 15) is 13.6 Å². The van der Waals surface area contributed by atoms with Crippen LogP contribution in [0.25, 0.3) is 0 Å². The van der Waals surface area contributed by atoms with Crippen LogP contribution >= 0.6 is 0 Å². The Balaban J connectivity index is 1.50. The van der Waals surface area contributed by atoms with Crippen LogP contribution in [0.3, 0.4) is 0 Å². The zero-order valence-electron chi connectivity index (χ0n) is 17.2. The van der Waals surface area contributed by atoms with Gasteiger partial charge in [0.05, 0.1) is 13.3 Å². The lowest BCUT2D eigenvalue weighted by Crippen LogP contribution is -3.15.